The van der Waals surface area contributed by atoms with Crippen LogP contribution in [0.1, 0.15) is 11.6 Å². The molecule has 1 unspecified atom stereocenters. The largest absolute Gasteiger partial charge is 0.322 e. The molecule has 0 fully saturated rings. The zero-order chi connectivity index (χ0) is 16.4. The van der Waals surface area contributed by atoms with Crippen LogP contribution in [0.2, 0.25) is 0 Å². The van der Waals surface area contributed by atoms with Gasteiger partial charge in [0.15, 0.2) is 0 Å². The molecule has 7 heteroatoms. The van der Waals surface area contributed by atoms with Crippen LogP contribution in [0.3, 0.4) is 0 Å². The summed E-state index contributed by atoms with van der Waals surface area (Å²) in [4.78, 5) is 17.9. The number of carbonyl (C=O) groups excluding carboxylic acids is 1. The summed E-state index contributed by atoms with van der Waals surface area (Å²) in [7, 11) is 3.04. The van der Waals surface area contributed by atoms with Crippen molar-refractivity contribution >= 4 is 29.0 Å². The molecule has 2 aromatic heterocycles. The van der Waals surface area contributed by atoms with Gasteiger partial charge in [-0.1, -0.05) is 42.5 Å². The number of aromatic nitrogens is 3. The molecule has 1 atom stereocenters. The maximum atomic E-state index is 12.8. The Morgan fingerprint density at radius 3 is 2.78 bits per heavy atom. The van der Waals surface area contributed by atoms with E-state index in [-0.39, 0.29) is 5.91 Å². The standard InChI is InChI=1S/C16H16N4O2S/c1-19(22-2)15(21)14(11-6-4-3-5-7-11)20-9-8-13-12(16(20)23)10-17-18-13/h3-10,14H,1-2H3,(H,17,18). The second-order valence-electron chi connectivity index (χ2n) is 5.06. The molecule has 3 aromatic rings. The maximum absolute atomic E-state index is 12.8. The molecule has 23 heavy (non-hydrogen) atoms. The van der Waals surface area contributed by atoms with Crippen molar-refractivity contribution in [1.29, 1.82) is 0 Å². The van der Waals surface area contributed by atoms with E-state index in [4.69, 9.17) is 17.1 Å². The summed E-state index contributed by atoms with van der Waals surface area (Å²) >= 11 is 5.56. The van der Waals surface area contributed by atoms with Crippen LogP contribution in [0.25, 0.3) is 10.9 Å². The molecule has 1 amide bonds. The molecule has 2 heterocycles. The second-order valence-corrected chi connectivity index (χ2v) is 5.44. The van der Waals surface area contributed by atoms with E-state index < -0.39 is 6.04 Å². The number of rotatable bonds is 4. The Balaban J connectivity index is 2.19. The molecule has 6 nitrogen and oxygen atoms in total. The summed E-state index contributed by atoms with van der Waals surface area (Å²) < 4.78 is 2.31. The van der Waals surface area contributed by atoms with Crippen molar-refractivity contribution in [3.63, 3.8) is 0 Å². The maximum Gasteiger partial charge on any atom is 0.273 e. The Morgan fingerprint density at radius 2 is 2.09 bits per heavy atom. The van der Waals surface area contributed by atoms with Crippen LogP contribution in [0.15, 0.2) is 48.8 Å². The fraction of sp³-hybridized carbons (Fsp3) is 0.188. The Hall–Kier alpha value is -2.51. The zero-order valence-corrected chi connectivity index (χ0v) is 13.6. The lowest BCUT2D eigenvalue weighted by atomic mass is 10.1. The van der Waals surface area contributed by atoms with Gasteiger partial charge in [0.25, 0.3) is 5.91 Å². The summed E-state index contributed by atoms with van der Waals surface area (Å²) in [5.74, 6) is -0.211. The van der Waals surface area contributed by atoms with E-state index in [1.54, 1.807) is 24.0 Å². The van der Waals surface area contributed by atoms with Crippen molar-refractivity contribution < 1.29 is 9.63 Å². The fourth-order valence-corrected chi connectivity index (χ4v) is 2.81. The smallest absolute Gasteiger partial charge is 0.273 e. The number of H-pyrrole nitrogens is 1. The van der Waals surface area contributed by atoms with Gasteiger partial charge in [0.2, 0.25) is 0 Å². The molecular formula is C16H16N4O2S. The SMILES string of the molecule is CON(C)C(=O)C(c1ccccc1)n1ccc2[nH]ncc2c1=S. The molecular weight excluding hydrogens is 312 g/mol. The number of carbonyl (C=O) groups is 1. The molecule has 0 radical (unpaired) electrons. The third-order valence-electron chi connectivity index (χ3n) is 3.75. The van der Waals surface area contributed by atoms with Gasteiger partial charge in [-0.15, -0.1) is 0 Å². The highest BCUT2D eigenvalue weighted by Crippen LogP contribution is 2.24. The van der Waals surface area contributed by atoms with Gasteiger partial charge in [-0.25, -0.2) is 5.06 Å². The first-order valence-corrected chi connectivity index (χ1v) is 7.45. The molecule has 3 rings (SSSR count). The highest BCUT2D eigenvalue weighted by atomic mass is 32.1. The molecule has 0 bridgehead atoms. The topological polar surface area (TPSA) is 63.1 Å². The van der Waals surface area contributed by atoms with Crippen LogP contribution in [0, 0.1) is 4.64 Å². The second kappa shape index (κ2) is 6.31. The Labute approximate surface area is 138 Å². The molecule has 0 saturated carbocycles. The summed E-state index contributed by atoms with van der Waals surface area (Å²) in [5, 5.41) is 8.90. The first-order valence-electron chi connectivity index (χ1n) is 7.04. The Bertz CT molecular complexity index is 888. The molecule has 0 saturated heterocycles. The Kier molecular flexibility index (Phi) is 4.22. The fourth-order valence-electron chi connectivity index (χ4n) is 2.48. The average Bonchev–Trinajstić information content (AvgIpc) is 3.07. The van der Waals surface area contributed by atoms with Gasteiger partial charge in [0.05, 0.1) is 24.2 Å². The average molecular weight is 328 g/mol. The van der Waals surface area contributed by atoms with Crippen molar-refractivity contribution in [3.05, 3.63) is 59.0 Å². The number of nitrogens with one attached hydrogen (secondary N) is 1. The van der Waals surface area contributed by atoms with E-state index in [0.717, 1.165) is 16.5 Å². The van der Waals surface area contributed by atoms with E-state index in [1.807, 2.05) is 36.4 Å². The van der Waals surface area contributed by atoms with E-state index in [1.165, 1.54) is 12.2 Å². The summed E-state index contributed by atoms with van der Waals surface area (Å²) in [5.41, 5.74) is 1.67. The lowest BCUT2D eigenvalue weighted by molar-refractivity contribution is -0.171. The lowest BCUT2D eigenvalue weighted by Crippen LogP contribution is -2.34. The number of benzene rings is 1. The number of hydrogen-bond acceptors (Lipinski definition) is 4. The van der Waals surface area contributed by atoms with Crippen molar-refractivity contribution in [3.8, 4) is 0 Å². The molecule has 1 aromatic carbocycles. The molecule has 0 aliphatic heterocycles. The van der Waals surface area contributed by atoms with Crippen molar-refractivity contribution in [2.24, 2.45) is 0 Å². The number of aromatic amines is 1. The minimum atomic E-state index is -0.604. The van der Waals surface area contributed by atoms with E-state index in [9.17, 15) is 4.79 Å². The number of nitrogens with zero attached hydrogens (tertiary/aromatic N) is 3. The third kappa shape index (κ3) is 2.76. The molecule has 0 spiro atoms. The molecule has 1 N–H and O–H groups in total. The molecule has 118 valence electrons. The van der Waals surface area contributed by atoms with Gasteiger partial charge >= 0.3 is 0 Å². The van der Waals surface area contributed by atoms with Gasteiger partial charge in [0.1, 0.15) is 10.7 Å². The van der Waals surface area contributed by atoms with E-state index in [2.05, 4.69) is 10.2 Å². The number of likely N-dealkylation sites (N-methyl/N-ethyl adjacent to an activating group) is 1. The van der Waals surface area contributed by atoms with Crippen LogP contribution in [-0.4, -0.2) is 39.9 Å². The normalized spacial score (nSPS) is 12.3. The van der Waals surface area contributed by atoms with Crippen molar-refractivity contribution in [2.45, 2.75) is 6.04 Å². The predicted molar refractivity (Wildman–Crippen MR) is 89.3 cm³/mol. The quantitative estimate of drug-likeness (QED) is 0.591. The predicted octanol–water partition coefficient (Wildman–Crippen LogP) is 2.70. The van der Waals surface area contributed by atoms with Crippen LogP contribution in [0.5, 0.6) is 0 Å². The number of fused-ring (bicyclic) bond motifs is 1. The monoisotopic (exact) mass is 328 g/mol. The summed E-state index contributed by atoms with van der Waals surface area (Å²) in [6, 6.07) is 10.7. The van der Waals surface area contributed by atoms with E-state index >= 15 is 0 Å². The number of pyridine rings is 1. The van der Waals surface area contributed by atoms with E-state index in [0.29, 0.717) is 4.64 Å². The van der Waals surface area contributed by atoms with Gasteiger partial charge in [-0.2, -0.15) is 5.10 Å². The first-order chi connectivity index (χ1) is 11.1. The van der Waals surface area contributed by atoms with Gasteiger partial charge in [0, 0.05) is 13.2 Å². The highest BCUT2D eigenvalue weighted by molar-refractivity contribution is 7.71. The first kappa shape index (κ1) is 15.4. The van der Waals surface area contributed by atoms with Crippen LogP contribution < -0.4 is 0 Å². The van der Waals surface area contributed by atoms with Gasteiger partial charge in [-0.05, 0) is 11.6 Å². The summed E-state index contributed by atoms with van der Waals surface area (Å²) in [6.45, 7) is 0. The van der Waals surface area contributed by atoms with Crippen LogP contribution in [0.4, 0.5) is 0 Å². The molecule has 0 aliphatic rings. The third-order valence-corrected chi connectivity index (χ3v) is 4.18. The minimum Gasteiger partial charge on any atom is -0.322 e. The number of hydroxylamine groups is 2. The number of amides is 1. The zero-order valence-electron chi connectivity index (χ0n) is 12.8. The minimum absolute atomic E-state index is 0.211. The van der Waals surface area contributed by atoms with Gasteiger partial charge in [-0.3, -0.25) is 14.7 Å². The van der Waals surface area contributed by atoms with Gasteiger partial charge < -0.3 is 4.57 Å². The highest BCUT2D eigenvalue weighted by Gasteiger charge is 2.26. The lowest BCUT2D eigenvalue weighted by Gasteiger charge is -2.24. The summed E-state index contributed by atoms with van der Waals surface area (Å²) in [6.07, 6.45) is 3.46. The van der Waals surface area contributed by atoms with Crippen LogP contribution in [-0.2, 0) is 9.63 Å². The molecule has 0 aliphatic carbocycles. The van der Waals surface area contributed by atoms with Crippen molar-refractivity contribution in [1.82, 2.24) is 19.8 Å². The number of hydrogen-bond donors (Lipinski definition) is 1. The Morgan fingerprint density at radius 1 is 1.35 bits per heavy atom. The van der Waals surface area contributed by atoms with Crippen LogP contribution >= 0.6 is 12.2 Å². The van der Waals surface area contributed by atoms with Crippen molar-refractivity contribution in [2.75, 3.05) is 14.2 Å².